The number of nitrogens with one attached hydrogen (secondary N) is 3. The molecule has 8 nitrogen and oxygen atoms in total. The molecule has 0 aromatic heterocycles. The number of esters is 1. The summed E-state index contributed by atoms with van der Waals surface area (Å²) in [6.45, 7) is 11.7. The molecule has 3 N–H and O–H groups in total. The summed E-state index contributed by atoms with van der Waals surface area (Å²) in [6, 6.07) is 5.24. The average molecular weight is 500 g/mol. The number of hydrogen-bond donors (Lipinski definition) is 3. The Kier molecular flexibility index (Phi) is 10.7. The number of hydrogen-bond acceptors (Lipinski definition) is 5. The lowest BCUT2D eigenvalue weighted by Crippen LogP contribution is -2.55. The van der Waals surface area contributed by atoms with Gasteiger partial charge in [-0.15, -0.1) is 0 Å². The molecule has 3 amide bonds. The van der Waals surface area contributed by atoms with Gasteiger partial charge in [0.25, 0.3) is 5.91 Å². The van der Waals surface area contributed by atoms with Crippen molar-refractivity contribution in [2.45, 2.75) is 78.9 Å². The molecule has 0 fully saturated rings. The van der Waals surface area contributed by atoms with Crippen LogP contribution in [0.4, 0.5) is 0 Å². The van der Waals surface area contributed by atoms with Gasteiger partial charge >= 0.3 is 5.97 Å². The van der Waals surface area contributed by atoms with E-state index in [1.54, 1.807) is 12.1 Å². The van der Waals surface area contributed by atoms with Crippen molar-refractivity contribution in [2.75, 3.05) is 7.11 Å². The van der Waals surface area contributed by atoms with Crippen LogP contribution < -0.4 is 16.0 Å². The Morgan fingerprint density at radius 3 is 2.08 bits per heavy atom. The van der Waals surface area contributed by atoms with Gasteiger partial charge in [0.1, 0.15) is 12.1 Å². The zero-order chi connectivity index (χ0) is 27.0. The standard InChI is InChI=1S/C28H41N3O5/c1-8-16(4)23-21(19-13-11-12-14-20(19)26(33)30-23)15-22(32)29-24(17(5)9-2)27(34)31-25(18(6)10-3)28(35)36-7/h11-18,23-25H,8-10H2,1-7H3,(H,29,32)(H,30,33)(H,31,34)/b21-15-/t16-,17-,18-,23-,24-,25-/m0/s1. The highest BCUT2D eigenvalue weighted by molar-refractivity contribution is 6.07. The van der Waals surface area contributed by atoms with Crippen LogP contribution in [0.1, 0.15) is 76.7 Å². The van der Waals surface area contributed by atoms with Gasteiger partial charge in [0.2, 0.25) is 11.8 Å². The van der Waals surface area contributed by atoms with Gasteiger partial charge < -0.3 is 20.7 Å². The quantitative estimate of drug-likeness (QED) is 0.319. The van der Waals surface area contributed by atoms with E-state index in [-0.39, 0.29) is 29.7 Å². The van der Waals surface area contributed by atoms with Crippen molar-refractivity contribution < 1.29 is 23.9 Å². The molecule has 0 aliphatic carbocycles. The van der Waals surface area contributed by atoms with Gasteiger partial charge in [-0.2, -0.15) is 0 Å². The van der Waals surface area contributed by atoms with Crippen molar-refractivity contribution in [3.05, 3.63) is 41.5 Å². The number of benzene rings is 1. The van der Waals surface area contributed by atoms with Crippen molar-refractivity contribution >= 4 is 29.3 Å². The Balaban J connectivity index is 2.37. The highest BCUT2D eigenvalue weighted by atomic mass is 16.5. The summed E-state index contributed by atoms with van der Waals surface area (Å²) in [5, 5.41) is 8.69. The Bertz CT molecular complexity index is 989. The molecule has 1 aliphatic heterocycles. The van der Waals surface area contributed by atoms with E-state index < -0.39 is 29.9 Å². The van der Waals surface area contributed by atoms with Gasteiger partial charge in [-0.1, -0.05) is 79.0 Å². The molecular weight excluding hydrogens is 458 g/mol. The molecule has 0 saturated heterocycles. The third-order valence-electron chi connectivity index (χ3n) is 7.36. The lowest BCUT2D eigenvalue weighted by atomic mass is 9.82. The fourth-order valence-corrected chi connectivity index (χ4v) is 4.33. The molecule has 0 radical (unpaired) electrons. The molecule has 1 aromatic carbocycles. The van der Waals surface area contributed by atoms with Crippen LogP contribution in [0, 0.1) is 17.8 Å². The summed E-state index contributed by atoms with van der Waals surface area (Å²) in [5.74, 6) is -1.73. The molecule has 8 heteroatoms. The topological polar surface area (TPSA) is 114 Å². The van der Waals surface area contributed by atoms with E-state index >= 15 is 0 Å². The number of carbonyl (C=O) groups is 4. The minimum Gasteiger partial charge on any atom is -0.467 e. The SMILES string of the molecule is CC[C@H](C)[C@H](NC(=O)/C=C1/c2ccccc2C(=O)N[C@H]1[C@@H](C)CC)C(=O)N[C@H](C(=O)OC)[C@@H](C)CC. The van der Waals surface area contributed by atoms with E-state index in [9.17, 15) is 19.2 Å². The average Bonchev–Trinajstić information content (AvgIpc) is 2.89. The van der Waals surface area contributed by atoms with Crippen molar-refractivity contribution in [3.63, 3.8) is 0 Å². The van der Waals surface area contributed by atoms with Crippen molar-refractivity contribution in [1.82, 2.24) is 16.0 Å². The second-order valence-corrected chi connectivity index (χ2v) is 9.75. The van der Waals surface area contributed by atoms with Gasteiger partial charge in [0.15, 0.2) is 0 Å². The maximum atomic E-state index is 13.3. The molecule has 0 unspecified atom stereocenters. The first-order valence-corrected chi connectivity index (χ1v) is 12.9. The van der Waals surface area contributed by atoms with Gasteiger partial charge in [0, 0.05) is 11.6 Å². The Morgan fingerprint density at radius 2 is 1.53 bits per heavy atom. The number of amides is 3. The first-order chi connectivity index (χ1) is 17.1. The van der Waals surface area contributed by atoms with E-state index in [0.29, 0.717) is 29.5 Å². The minimum absolute atomic E-state index is 0.103. The molecule has 36 heavy (non-hydrogen) atoms. The predicted octanol–water partition coefficient (Wildman–Crippen LogP) is 3.46. The van der Waals surface area contributed by atoms with Gasteiger partial charge in [-0.25, -0.2) is 4.79 Å². The summed E-state index contributed by atoms with van der Waals surface area (Å²) in [4.78, 5) is 51.5. The van der Waals surface area contributed by atoms with Gasteiger partial charge in [-0.3, -0.25) is 14.4 Å². The fraction of sp³-hybridized carbons (Fsp3) is 0.571. The Hall–Kier alpha value is -3.16. The molecule has 198 valence electrons. The van der Waals surface area contributed by atoms with Gasteiger partial charge in [0.05, 0.1) is 13.2 Å². The van der Waals surface area contributed by atoms with Crippen LogP contribution in [0.3, 0.4) is 0 Å². The summed E-state index contributed by atoms with van der Waals surface area (Å²) in [5.41, 5.74) is 1.95. The van der Waals surface area contributed by atoms with Crippen LogP contribution in [0.5, 0.6) is 0 Å². The van der Waals surface area contributed by atoms with E-state index in [0.717, 1.165) is 6.42 Å². The zero-order valence-corrected chi connectivity index (χ0v) is 22.5. The Labute approximate surface area is 214 Å². The summed E-state index contributed by atoms with van der Waals surface area (Å²) < 4.78 is 4.89. The Morgan fingerprint density at radius 1 is 0.944 bits per heavy atom. The van der Waals surface area contributed by atoms with Gasteiger partial charge in [-0.05, 0) is 35.0 Å². The lowest BCUT2D eigenvalue weighted by molar-refractivity contribution is -0.147. The van der Waals surface area contributed by atoms with Crippen molar-refractivity contribution in [3.8, 4) is 0 Å². The largest absolute Gasteiger partial charge is 0.467 e. The third-order valence-corrected chi connectivity index (χ3v) is 7.36. The molecule has 1 heterocycles. The highest BCUT2D eigenvalue weighted by Gasteiger charge is 2.34. The molecule has 1 aromatic rings. The first-order valence-electron chi connectivity index (χ1n) is 12.9. The first kappa shape index (κ1) is 29.1. The minimum atomic E-state index is -0.842. The van der Waals surface area contributed by atoms with Crippen LogP contribution in [-0.4, -0.2) is 48.9 Å². The molecular formula is C28H41N3O5. The highest BCUT2D eigenvalue weighted by Crippen LogP contribution is 2.31. The summed E-state index contributed by atoms with van der Waals surface area (Å²) >= 11 is 0. The number of rotatable bonds is 11. The van der Waals surface area contributed by atoms with Crippen LogP contribution >= 0.6 is 0 Å². The maximum absolute atomic E-state index is 13.3. The third kappa shape index (κ3) is 6.74. The van der Waals surface area contributed by atoms with E-state index in [1.807, 2.05) is 53.7 Å². The number of fused-ring (bicyclic) bond motifs is 1. The van der Waals surface area contributed by atoms with Crippen molar-refractivity contribution in [1.29, 1.82) is 0 Å². The summed E-state index contributed by atoms with van der Waals surface area (Å²) in [7, 11) is 1.29. The van der Waals surface area contributed by atoms with E-state index in [1.165, 1.54) is 13.2 Å². The second kappa shape index (κ2) is 13.2. The zero-order valence-electron chi connectivity index (χ0n) is 22.5. The number of carbonyl (C=O) groups excluding carboxylic acids is 4. The van der Waals surface area contributed by atoms with Crippen LogP contribution in [0.2, 0.25) is 0 Å². The normalized spacial score (nSPS) is 20.2. The molecule has 6 atom stereocenters. The summed E-state index contributed by atoms with van der Waals surface area (Å²) in [6.07, 6.45) is 3.63. The van der Waals surface area contributed by atoms with E-state index in [2.05, 4.69) is 16.0 Å². The molecule has 0 saturated carbocycles. The smallest absolute Gasteiger partial charge is 0.328 e. The van der Waals surface area contributed by atoms with Crippen LogP contribution in [0.25, 0.3) is 5.57 Å². The molecule has 2 rings (SSSR count). The number of ether oxygens (including phenoxy) is 1. The maximum Gasteiger partial charge on any atom is 0.328 e. The second-order valence-electron chi connectivity index (χ2n) is 9.75. The van der Waals surface area contributed by atoms with E-state index in [4.69, 9.17) is 4.74 Å². The van der Waals surface area contributed by atoms with Crippen LogP contribution in [-0.2, 0) is 19.1 Å². The number of methoxy groups -OCH3 is 1. The monoisotopic (exact) mass is 499 g/mol. The fourth-order valence-electron chi connectivity index (χ4n) is 4.33. The van der Waals surface area contributed by atoms with Crippen LogP contribution in [0.15, 0.2) is 30.3 Å². The molecule has 1 aliphatic rings. The molecule has 0 spiro atoms. The predicted molar refractivity (Wildman–Crippen MR) is 140 cm³/mol. The molecule has 0 bridgehead atoms. The van der Waals surface area contributed by atoms with Crippen molar-refractivity contribution in [2.24, 2.45) is 17.8 Å². The lowest BCUT2D eigenvalue weighted by Gasteiger charge is -2.33.